The largest absolute Gasteiger partial charge is 0.366 e. The number of aromatic amines is 2. The number of hydrogen-bond acceptors (Lipinski definition) is 6. The normalized spacial score (nSPS) is 10.6. The Labute approximate surface area is 150 Å². The number of rotatable bonds is 6. The minimum Gasteiger partial charge on any atom is -0.366 e. The quantitative estimate of drug-likeness (QED) is 0.428. The maximum atomic E-state index is 11.6. The molecule has 0 saturated carbocycles. The Bertz CT molecular complexity index is 887. The van der Waals surface area contributed by atoms with Gasteiger partial charge in [-0.2, -0.15) is 0 Å². The Morgan fingerprint density at radius 1 is 0.880 bits per heavy atom. The minimum atomic E-state index is -0.650. The topological polar surface area (TPSA) is 152 Å². The van der Waals surface area contributed by atoms with Gasteiger partial charge in [0, 0.05) is 12.1 Å². The number of nitrogens with one attached hydrogen (secondary N) is 2. The summed E-state index contributed by atoms with van der Waals surface area (Å²) in [5.74, 6) is -1.30. The van der Waals surface area contributed by atoms with Gasteiger partial charge in [-0.1, -0.05) is 23.5 Å². The molecule has 10 heteroatoms. The fraction of sp³-hybridized carbons (Fsp3) is 0.200. The minimum absolute atomic E-state index is 0.234. The van der Waals surface area contributed by atoms with Crippen molar-refractivity contribution in [2.45, 2.75) is 23.9 Å². The molecule has 0 fully saturated rings. The zero-order chi connectivity index (χ0) is 18.7. The smallest absolute Gasteiger partial charge is 0.251 e. The van der Waals surface area contributed by atoms with E-state index >= 15 is 0 Å². The molecule has 2 aromatic heterocycles. The van der Waals surface area contributed by atoms with Crippen LogP contribution in [0.3, 0.4) is 0 Å². The molecule has 0 unspecified atom stereocenters. The van der Waals surface area contributed by atoms with Crippen molar-refractivity contribution < 1.29 is 9.59 Å². The number of nitrogens with two attached hydrogens (primary N) is 2. The summed E-state index contributed by atoms with van der Waals surface area (Å²) in [6.07, 6.45) is 0. The van der Waals surface area contributed by atoms with E-state index in [4.69, 9.17) is 11.5 Å². The van der Waals surface area contributed by atoms with Crippen LogP contribution in [0, 0.1) is 13.8 Å². The maximum absolute atomic E-state index is 11.6. The lowest BCUT2D eigenvalue weighted by atomic mass is 10.1. The van der Waals surface area contributed by atoms with Crippen LogP contribution in [-0.4, -0.2) is 26.9 Å². The number of primary amides is 2. The van der Waals surface area contributed by atoms with Crippen LogP contribution >= 0.6 is 23.5 Å². The van der Waals surface area contributed by atoms with Crippen molar-refractivity contribution in [3.8, 4) is 0 Å². The number of amides is 2. The number of thioether (sulfide) groups is 2. The first-order chi connectivity index (χ1) is 11.7. The molecule has 6 N–H and O–H groups in total. The van der Waals surface area contributed by atoms with E-state index in [1.54, 1.807) is 13.8 Å². The first kappa shape index (κ1) is 18.9. The van der Waals surface area contributed by atoms with Gasteiger partial charge in [-0.25, -0.2) is 0 Å². The van der Waals surface area contributed by atoms with Crippen LogP contribution in [0.2, 0.25) is 0 Å². The molecule has 0 radical (unpaired) electrons. The van der Waals surface area contributed by atoms with Crippen LogP contribution in [0.1, 0.15) is 31.8 Å². The number of aromatic nitrogens is 2. The average molecular weight is 380 g/mol. The Hall–Kier alpha value is -2.46. The first-order valence-corrected chi connectivity index (χ1v) is 9.01. The van der Waals surface area contributed by atoms with Gasteiger partial charge in [-0.05, 0) is 25.0 Å². The number of pyridine rings is 2. The zero-order valence-electron chi connectivity index (χ0n) is 13.5. The van der Waals surface area contributed by atoms with Gasteiger partial charge in [0.1, 0.15) is 0 Å². The Kier molecular flexibility index (Phi) is 5.75. The van der Waals surface area contributed by atoms with E-state index in [-0.39, 0.29) is 22.2 Å². The first-order valence-electron chi connectivity index (χ1n) is 7.03. The van der Waals surface area contributed by atoms with Gasteiger partial charge in [-0.15, -0.1) is 0 Å². The summed E-state index contributed by atoms with van der Waals surface area (Å²) in [4.78, 5) is 51.6. The molecule has 0 aliphatic heterocycles. The Balaban J connectivity index is 2.28. The summed E-state index contributed by atoms with van der Waals surface area (Å²) < 4.78 is 0. The van der Waals surface area contributed by atoms with Crippen molar-refractivity contribution in [3.63, 3.8) is 0 Å². The lowest BCUT2D eigenvalue weighted by Crippen LogP contribution is -2.19. The second-order valence-electron chi connectivity index (χ2n) is 5.18. The van der Waals surface area contributed by atoms with Crippen LogP contribution in [0.15, 0.2) is 31.8 Å². The van der Waals surface area contributed by atoms with E-state index < -0.39 is 11.8 Å². The second kappa shape index (κ2) is 7.62. The summed E-state index contributed by atoms with van der Waals surface area (Å²) >= 11 is 2.33. The monoisotopic (exact) mass is 380 g/mol. The summed E-state index contributed by atoms with van der Waals surface area (Å²) in [7, 11) is 0. The molecule has 2 aromatic rings. The molecule has 0 aromatic carbocycles. The highest BCUT2D eigenvalue weighted by Crippen LogP contribution is 2.30. The van der Waals surface area contributed by atoms with Gasteiger partial charge in [0.25, 0.3) is 11.8 Å². The molecular formula is C15H16N4O4S2. The molecule has 8 nitrogen and oxygen atoms in total. The van der Waals surface area contributed by atoms with Gasteiger partial charge in [0.15, 0.2) is 0 Å². The average Bonchev–Trinajstić information content (AvgIpc) is 2.44. The number of carbonyl (C=O) groups is 2. The van der Waals surface area contributed by atoms with E-state index in [1.165, 1.54) is 12.1 Å². The van der Waals surface area contributed by atoms with E-state index in [0.29, 0.717) is 26.3 Å². The number of H-pyrrole nitrogens is 2. The van der Waals surface area contributed by atoms with Crippen molar-refractivity contribution in [2.24, 2.45) is 11.5 Å². The van der Waals surface area contributed by atoms with Gasteiger partial charge in [0.05, 0.1) is 26.3 Å². The van der Waals surface area contributed by atoms with E-state index in [1.807, 2.05) is 0 Å². The Morgan fingerprint density at radius 3 is 1.56 bits per heavy atom. The third-order valence-electron chi connectivity index (χ3n) is 3.31. The third-order valence-corrected chi connectivity index (χ3v) is 5.44. The van der Waals surface area contributed by atoms with Gasteiger partial charge >= 0.3 is 0 Å². The number of hydrogen-bond donors (Lipinski definition) is 4. The molecular weight excluding hydrogens is 364 g/mol. The van der Waals surface area contributed by atoms with Crippen LogP contribution in [0.5, 0.6) is 0 Å². The summed E-state index contributed by atoms with van der Waals surface area (Å²) in [5.41, 5.74) is 11.4. The highest BCUT2D eigenvalue weighted by Gasteiger charge is 2.16. The summed E-state index contributed by atoms with van der Waals surface area (Å²) in [5, 5.41) is 0.973. The van der Waals surface area contributed by atoms with Gasteiger partial charge < -0.3 is 21.4 Å². The van der Waals surface area contributed by atoms with Crippen LogP contribution in [0.25, 0.3) is 0 Å². The van der Waals surface area contributed by atoms with Crippen LogP contribution < -0.4 is 22.6 Å². The number of aryl methyl sites for hydroxylation is 2. The summed E-state index contributed by atoms with van der Waals surface area (Å²) in [6, 6.07) is 2.58. The third kappa shape index (κ3) is 4.34. The highest BCUT2D eigenvalue weighted by atomic mass is 32.2. The molecule has 25 heavy (non-hydrogen) atoms. The predicted molar refractivity (Wildman–Crippen MR) is 97.2 cm³/mol. The van der Waals surface area contributed by atoms with Gasteiger partial charge in [-0.3, -0.25) is 19.2 Å². The molecule has 2 heterocycles. The molecule has 2 rings (SSSR count). The van der Waals surface area contributed by atoms with Crippen molar-refractivity contribution in [1.29, 1.82) is 0 Å². The molecule has 0 spiro atoms. The van der Waals surface area contributed by atoms with E-state index in [2.05, 4.69) is 9.97 Å². The second-order valence-corrected chi connectivity index (χ2v) is 7.51. The lowest BCUT2D eigenvalue weighted by molar-refractivity contribution is 0.0987. The highest BCUT2D eigenvalue weighted by molar-refractivity contribution is 8.16. The molecule has 0 saturated heterocycles. The molecule has 0 aliphatic carbocycles. The lowest BCUT2D eigenvalue weighted by Gasteiger charge is -2.10. The van der Waals surface area contributed by atoms with Gasteiger partial charge in [0.2, 0.25) is 11.1 Å². The fourth-order valence-electron chi connectivity index (χ4n) is 2.29. The zero-order valence-corrected chi connectivity index (χ0v) is 15.1. The summed E-state index contributed by atoms with van der Waals surface area (Å²) in [6.45, 7) is 3.24. The van der Waals surface area contributed by atoms with Crippen molar-refractivity contribution in [1.82, 2.24) is 9.97 Å². The predicted octanol–water partition coefficient (Wildman–Crippen LogP) is 0.720. The van der Waals surface area contributed by atoms with E-state index in [9.17, 15) is 19.2 Å². The maximum Gasteiger partial charge on any atom is 0.251 e. The standard InChI is InChI=1S/C15H16N4O4S2/c1-6-3-8(20)18-14(10(6)12(16)22)24-5-25-15-11(13(17)23)7(2)4-9(21)19-15/h3-4H,5H2,1-2H3,(H2,16,22)(H2,17,23)(H,18,20)(H,19,21). The molecule has 0 aliphatic rings. The van der Waals surface area contributed by atoms with Crippen LogP contribution in [-0.2, 0) is 0 Å². The SMILES string of the molecule is Cc1cc(=O)[nH]c(SCSc2[nH]c(=O)cc(C)c2C(N)=O)c1C(N)=O. The molecule has 132 valence electrons. The van der Waals surface area contributed by atoms with Crippen molar-refractivity contribution in [3.05, 3.63) is 55.1 Å². The number of carbonyl (C=O) groups excluding carboxylic acids is 2. The molecule has 2 amide bonds. The molecule has 0 atom stereocenters. The van der Waals surface area contributed by atoms with Crippen LogP contribution in [0.4, 0.5) is 0 Å². The van der Waals surface area contributed by atoms with E-state index in [0.717, 1.165) is 23.5 Å². The molecule has 0 bridgehead atoms. The Morgan fingerprint density at radius 2 is 1.24 bits per heavy atom. The fourth-order valence-corrected chi connectivity index (χ4v) is 4.63. The van der Waals surface area contributed by atoms with Crippen molar-refractivity contribution in [2.75, 3.05) is 5.08 Å². The van der Waals surface area contributed by atoms with Crippen molar-refractivity contribution >= 4 is 35.3 Å².